The Labute approximate surface area is 233 Å². The van der Waals surface area contributed by atoms with Crippen molar-refractivity contribution in [2.45, 2.75) is 64.6 Å². The maximum Gasteiger partial charge on any atom is 0.255 e. The molecule has 0 saturated heterocycles. The third-order valence-corrected chi connectivity index (χ3v) is 6.57. The molecule has 2 aromatic carbocycles. The number of carbonyl (C=O) groups excluding carboxylic acids is 4. The Bertz CT molecular complexity index is 1200. The topological polar surface area (TPSA) is 166 Å². The summed E-state index contributed by atoms with van der Waals surface area (Å²) in [4.78, 5) is 52.2. The zero-order chi connectivity index (χ0) is 29.2. The standard InChI is InChI=1S/C29H38N4O7/c1-17(2)25-29(39)31-18(3)26(36)32-23(28(38)30-13-5-4-6-14-34)15-19-7-9-20(10-8-19)40-21-11-12-24(35)22(16-21)27(37)33-25/h7-12,16-18,23,25,34-35H,4-6,13-15H2,1-3H3,(H,30,38)(H,31,39)(H,32,36)(H,33,37)/t18-,23+,25-/m0/s1. The lowest BCUT2D eigenvalue weighted by Crippen LogP contribution is -2.57. The van der Waals surface area contributed by atoms with Gasteiger partial charge in [-0.2, -0.15) is 0 Å². The van der Waals surface area contributed by atoms with Gasteiger partial charge in [-0.25, -0.2) is 0 Å². The minimum absolute atomic E-state index is 0.0651. The molecule has 0 aliphatic carbocycles. The van der Waals surface area contributed by atoms with Crippen LogP contribution < -0.4 is 26.0 Å². The summed E-state index contributed by atoms with van der Waals surface area (Å²) in [6.07, 6.45) is 2.29. The van der Waals surface area contributed by atoms with Crippen molar-refractivity contribution in [2.24, 2.45) is 5.92 Å². The number of aliphatic hydroxyl groups is 1. The van der Waals surface area contributed by atoms with Crippen LogP contribution in [0, 0.1) is 5.92 Å². The minimum Gasteiger partial charge on any atom is -0.507 e. The first-order valence-corrected chi connectivity index (χ1v) is 13.5. The predicted molar refractivity (Wildman–Crippen MR) is 148 cm³/mol. The van der Waals surface area contributed by atoms with Crippen molar-refractivity contribution in [3.63, 3.8) is 0 Å². The number of hydrogen-bond donors (Lipinski definition) is 6. The molecule has 4 bridgehead atoms. The first kappa shape index (κ1) is 30.4. The van der Waals surface area contributed by atoms with Crippen molar-refractivity contribution < 1.29 is 34.1 Å². The van der Waals surface area contributed by atoms with Crippen LogP contribution >= 0.6 is 0 Å². The van der Waals surface area contributed by atoms with E-state index in [0.29, 0.717) is 30.9 Å². The molecule has 11 nitrogen and oxygen atoms in total. The lowest BCUT2D eigenvalue weighted by atomic mass is 10.0. The molecule has 6 N–H and O–H groups in total. The molecule has 0 radical (unpaired) electrons. The van der Waals surface area contributed by atoms with Crippen molar-refractivity contribution >= 4 is 23.6 Å². The summed E-state index contributed by atoms with van der Waals surface area (Å²) in [7, 11) is 0. The van der Waals surface area contributed by atoms with Crippen molar-refractivity contribution in [1.29, 1.82) is 0 Å². The monoisotopic (exact) mass is 554 g/mol. The minimum atomic E-state index is -1.00. The van der Waals surface area contributed by atoms with Gasteiger partial charge in [0.05, 0.1) is 5.56 Å². The van der Waals surface area contributed by atoms with E-state index < -0.39 is 35.8 Å². The Balaban J connectivity index is 1.91. The molecule has 0 aromatic heterocycles. The number of phenolic OH excluding ortho intramolecular Hbond substituents is 1. The van der Waals surface area contributed by atoms with Crippen molar-refractivity contribution in [1.82, 2.24) is 21.3 Å². The number of fused-ring (bicyclic) bond motifs is 11. The Morgan fingerprint density at radius 1 is 0.975 bits per heavy atom. The van der Waals surface area contributed by atoms with E-state index in [0.717, 1.165) is 12.0 Å². The van der Waals surface area contributed by atoms with Gasteiger partial charge in [0.1, 0.15) is 35.4 Å². The van der Waals surface area contributed by atoms with E-state index in [4.69, 9.17) is 9.84 Å². The van der Waals surface area contributed by atoms with E-state index in [-0.39, 0.29) is 36.2 Å². The molecule has 3 atom stereocenters. The molecule has 40 heavy (non-hydrogen) atoms. The lowest BCUT2D eigenvalue weighted by molar-refractivity contribution is -0.132. The van der Waals surface area contributed by atoms with Gasteiger partial charge < -0.3 is 36.2 Å². The Morgan fingerprint density at radius 2 is 1.68 bits per heavy atom. The molecular formula is C29H38N4O7. The fraction of sp³-hybridized carbons (Fsp3) is 0.448. The van der Waals surface area contributed by atoms with Gasteiger partial charge >= 0.3 is 0 Å². The number of unbranched alkanes of at least 4 members (excludes halogenated alkanes) is 2. The summed E-state index contributed by atoms with van der Waals surface area (Å²) in [6.45, 7) is 5.46. The van der Waals surface area contributed by atoms with E-state index in [1.807, 2.05) is 0 Å². The highest BCUT2D eigenvalue weighted by Gasteiger charge is 2.30. The second-order valence-electron chi connectivity index (χ2n) is 10.2. The summed E-state index contributed by atoms with van der Waals surface area (Å²) in [5.41, 5.74) is 0.696. The second-order valence-corrected chi connectivity index (χ2v) is 10.2. The molecular weight excluding hydrogens is 516 g/mol. The normalized spacial score (nSPS) is 20.0. The number of aromatic hydroxyl groups is 1. The summed E-state index contributed by atoms with van der Waals surface area (Å²) in [5, 5.41) is 30.1. The third-order valence-electron chi connectivity index (χ3n) is 6.57. The van der Waals surface area contributed by atoms with Gasteiger partial charge in [0, 0.05) is 19.6 Å². The molecule has 0 unspecified atom stereocenters. The fourth-order valence-corrected chi connectivity index (χ4v) is 4.20. The summed E-state index contributed by atoms with van der Waals surface area (Å²) >= 11 is 0. The van der Waals surface area contributed by atoms with E-state index >= 15 is 0 Å². The summed E-state index contributed by atoms with van der Waals surface area (Å²) in [5.74, 6) is -2.04. The number of hydrogen-bond acceptors (Lipinski definition) is 7. The predicted octanol–water partition coefficient (Wildman–Crippen LogP) is 1.76. The lowest BCUT2D eigenvalue weighted by Gasteiger charge is -2.25. The average molecular weight is 555 g/mol. The molecule has 2 aliphatic rings. The number of aliphatic hydroxyl groups excluding tert-OH is 1. The molecule has 0 spiro atoms. The van der Waals surface area contributed by atoms with Crippen LogP contribution in [0.3, 0.4) is 0 Å². The van der Waals surface area contributed by atoms with E-state index in [1.54, 1.807) is 38.1 Å². The zero-order valence-electron chi connectivity index (χ0n) is 23.0. The van der Waals surface area contributed by atoms with Crippen LogP contribution in [0.4, 0.5) is 0 Å². The number of phenols is 1. The van der Waals surface area contributed by atoms with Gasteiger partial charge in [-0.05, 0) is 68.0 Å². The quantitative estimate of drug-likeness (QED) is 0.224. The molecule has 216 valence electrons. The van der Waals surface area contributed by atoms with Crippen LogP contribution in [0.1, 0.15) is 56.0 Å². The van der Waals surface area contributed by atoms with Crippen LogP contribution in [0.15, 0.2) is 42.5 Å². The van der Waals surface area contributed by atoms with Gasteiger partial charge in [-0.3, -0.25) is 19.2 Å². The van der Waals surface area contributed by atoms with Gasteiger partial charge in [-0.1, -0.05) is 26.0 Å². The maximum absolute atomic E-state index is 13.1. The Kier molecular flexibility index (Phi) is 10.9. The van der Waals surface area contributed by atoms with E-state index in [2.05, 4.69) is 21.3 Å². The molecule has 4 amide bonds. The fourth-order valence-electron chi connectivity index (χ4n) is 4.20. The van der Waals surface area contributed by atoms with Crippen LogP contribution in [-0.2, 0) is 20.8 Å². The molecule has 4 rings (SSSR count). The van der Waals surface area contributed by atoms with Crippen LogP contribution in [-0.4, -0.2) is 65.1 Å². The summed E-state index contributed by atoms with van der Waals surface area (Å²) in [6, 6.07) is 8.25. The van der Waals surface area contributed by atoms with Gasteiger partial charge in [-0.15, -0.1) is 0 Å². The first-order chi connectivity index (χ1) is 19.1. The molecule has 0 saturated carbocycles. The Hall–Kier alpha value is -4.12. The van der Waals surface area contributed by atoms with Gasteiger partial charge in [0.15, 0.2) is 0 Å². The second kappa shape index (κ2) is 14.3. The number of nitrogens with one attached hydrogen (secondary N) is 4. The smallest absolute Gasteiger partial charge is 0.255 e. The third kappa shape index (κ3) is 8.44. The van der Waals surface area contributed by atoms with Crippen molar-refractivity contribution in [3.8, 4) is 17.2 Å². The largest absolute Gasteiger partial charge is 0.507 e. The average Bonchev–Trinajstić information content (AvgIpc) is 2.92. The summed E-state index contributed by atoms with van der Waals surface area (Å²) < 4.78 is 5.87. The molecule has 11 heteroatoms. The molecule has 2 aliphatic heterocycles. The highest BCUT2D eigenvalue weighted by atomic mass is 16.5. The zero-order valence-corrected chi connectivity index (χ0v) is 23.0. The Morgan fingerprint density at radius 3 is 2.35 bits per heavy atom. The van der Waals surface area contributed by atoms with Crippen LogP contribution in [0.5, 0.6) is 17.2 Å². The molecule has 0 fully saturated rings. The SMILES string of the molecule is CC(C)[C@@H]1NC(=O)c2cc(ccc2O)Oc2ccc(cc2)C[C@H](C(=O)NCCCCCO)NC(=O)[C@H](C)NC1=O. The molecule has 2 heterocycles. The van der Waals surface area contributed by atoms with E-state index in [1.165, 1.54) is 25.1 Å². The number of benzene rings is 2. The van der Waals surface area contributed by atoms with Crippen molar-refractivity contribution in [3.05, 3.63) is 53.6 Å². The maximum atomic E-state index is 13.1. The van der Waals surface area contributed by atoms with Crippen molar-refractivity contribution in [2.75, 3.05) is 13.2 Å². The highest BCUT2D eigenvalue weighted by Crippen LogP contribution is 2.28. The highest BCUT2D eigenvalue weighted by molar-refractivity contribution is 6.00. The number of amides is 4. The number of rotatable bonds is 7. The number of ether oxygens (including phenoxy) is 1. The van der Waals surface area contributed by atoms with Gasteiger partial charge in [0.2, 0.25) is 17.7 Å². The van der Waals surface area contributed by atoms with Gasteiger partial charge in [0.25, 0.3) is 5.91 Å². The molecule has 2 aromatic rings. The first-order valence-electron chi connectivity index (χ1n) is 13.5. The number of carbonyl (C=O) groups is 4. The van der Waals surface area contributed by atoms with Crippen LogP contribution in [0.25, 0.3) is 0 Å². The van der Waals surface area contributed by atoms with Crippen LogP contribution in [0.2, 0.25) is 0 Å². The van der Waals surface area contributed by atoms with E-state index in [9.17, 15) is 24.3 Å².